The van der Waals surface area contributed by atoms with Gasteiger partial charge in [0.25, 0.3) is 0 Å². The molecular weight excluding hydrogens is 260 g/mol. The standard InChI is InChI=1S/C14H28N2O2S/c1-13(2,3)15-10-14(4-7-18-12-14)11-16-5-8-19(17)9-6-16/h15H,4-12H2,1-3H3. The lowest BCUT2D eigenvalue weighted by atomic mass is 9.85. The molecule has 2 fully saturated rings. The van der Waals surface area contributed by atoms with Crippen molar-refractivity contribution in [3.63, 3.8) is 0 Å². The molecule has 112 valence electrons. The van der Waals surface area contributed by atoms with Crippen molar-refractivity contribution in [3.05, 3.63) is 0 Å². The summed E-state index contributed by atoms with van der Waals surface area (Å²) in [7, 11) is -0.584. The third-order valence-electron chi connectivity index (χ3n) is 4.01. The minimum absolute atomic E-state index is 0.152. The molecule has 0 aromatic heterocycles. The zero-order valence-corrected chi connectivity index (χ0v) is 13.4. The van der Waals surface area contributed by atoms with E-state index in [1.165, 1.54) is 0 Å². The summed E-state index contributed by atoms with van der Waals surface area (Å²) in [5.74, 6) is 1.67. The molecule has 1 N–H and O–H groups in total. The van der Waals surface area contributed by atoms with E-state index in [1.807, 2.05) is 0 Å². The van der Waals surface area contributed by atoms with Gasteiger partial charge >= 0.3 is 0 Å². The second kappa shape index (κ2) is 6.20. The summed E-state index contributed by atoms with van der Waals surface area (Å²) in [5, 5.41) is 3.64. The maximum Gasteiger partial charge on any atom is 0.0547 e. The number of hydrogen-bond donors (Lipinski definition) is 1. The number of hydrogen-bond acceptors (Lipinski definition) is 4. The van der Waals surface area contributed by atoms with Crippen molar-refractivity contribution in [1.82, 2.24) is 10.2 Å². The lowest BCUT2D eigenvalue weighted by molar-refractivity contribution is 0.107. The van der Waals surface area contributed by atoms with E-state index in [0.717, 1.165) is 57.3 Å². The molecule has 0 radical (unpaired) electrons. The van der Waals surface area contributed by atoms with Gasteiger partial charge in [-0.25, -0.2) is 0 Å². The Morgan fingerprint density at radius 1 is 1.32 bits per heavy atom. The Bertz CT molecular complexity index is 312. The van der Waals surface area contributed by atoms with Gasteiger partial charge in [0.2, 0.25) is 0 Å². The predicted octanol–water partition coefficient (Wildman–Crippen LogP) is 0.846. The first-order valence-corrected chi connectivity index (χ1v) is 8.78. The summed E-state index contributed by atoms with van der Waals surface area (Å²) < 4.78 is 17.1. The van der Waals surface area contributed by atoms with E-state index in [0.29, 0.717) is 0 Å². The van der Waals surface area contributed by atoms with Gasteiger partial charge in [-0.05, 0) is 27.2 Å². The van der Waals surface area contributed by atoms with Crippen LogP contribution in [0, 0.1) is 5.41 Å². The van der Waals surface area contributed by atoms with Crippen LogP contribution in [-0.4, -0.2) is 65.5 Å². The molecule has 0 aliphatic carbocycles. The zero-order chi connectivity index (χ0) is 13.9. The molecule has 0 spiro atoms. The molecule has 0 aromatic rings. The van der Waals surface area contributed by atoms with Gasteiger partial charge in [0.1, 0.15) is 0 Å². The Hall–Kier alpha value is 0.0300. The van der Waals surface area contributed by atoms with Crippen molar-refractivity contribution in [2.24, 2.45) is 5.41 Å². The largest absolute Gasteiger partial charge is 0.381 e. The summed E-state index contributed by atoms with van der Waals surface area (Å²) in [6.07, 6.45) is 1.13. The van der Waals surface area contributed by atoms with Gasteiger partial charge in [-0.3, -0.25) is 4.21 Å². The molecule has 1 unspecified atom stereocenters. The molecule has 0 saturated carbocycles. The summed E-state index contributed by atoms with van der Waals surface area (Å²) >= 11 is 0. The fourth-order valence-electron chi connectivity index (χ4n) is 2.73. The highest BCUT2D eigenvalue weighted by Crippen LogP contribution is 2.30. The van der Waals surface area contributed by atoms with Crippen molar-refractivity contribution < 1.29 is 8.95 Å². The van der Waals surface area contributed by atoms with Gasteiger partial charge in [0, 0.05) is 66.0 Å². The second-order valence-electron chi connectivity index (χ2n) is 7.03. The monoisotopic (exact) mass is 288 g/mol. The summed E-state index contributed by atoms with van der Waals surface area (Å²) in [4.78, 5) is 2.47. The van der Waals surface area contributed by atoms with Crippen LogP contribution >= 0.6 is 0 Å². The molecule has 2 aliphatic heterocycles. The summed E-state index contributed by atoms with van der Waals surface area (Å²) in [5.41, 5.74) is 0.394. The minimum atomic E-state index is -0.584. The molecule has 2 rings (SSSR count). The lowest BCUT2D eigenvalue weighted by Crippen LogP contribution is -2.51. The molecule has 1 atom stereocenters. The summed E-state index contributed by atoms with van der Waals surface area (Å²) in [6.45, 7) is 12.4. The van der Waals surface area contributed by atoms with Crippen molar-refractivity contribution in [1.29, 1.82) is 0 Å². The van der Waals surface area contributed by atoms with E-state index >= 15 is 0 Å². The van der Waals surface area contributed by atoms with E-state index < -0.39 is 10.8 Å². The fourth-order valence-corrected chi connectivity index (χ4v) is 3.86. The van der Waals surface area contributed by atoms with Crippen LogP contribution in [0.1, 0.15) is 27.2 Å². The quantitative estimate of drug-likeness (QED) is 0.832. The first-order valence-electron chi connectivity index (χ1n) is 7.29. The lowest BCUT2D eigenvalue weighted by Gasteiger charge is -2.38. The van der Waals surface area contributed by atoms with Crippen LogP contribution < -0.4 is 5.32 Å². The number of ether oxygens (including phenoxy) is 1. The number of nitrogens with one attached hydrogen (secondary N) is 1. The molecule has 2 heterocycles. The van der Waals surface area contributed by atoms with Crippen LogP contribution in [-0.2, 0) is 15.5 Å². The smallest absolute Gasteiger partial charge is 0.0547 e. The van der Waals surface area contributed by atoms with Gasteiger partial charge in [-0.2, -0.15) is 0 Å². The van der Waals surface area contributed by atoms with Crippen molar-refractivity contribution in [2.45, 2.75) is 32.7 Å². The summed E-state index contributed by atoms with van der Waals surface area (Å²) in [6, 6.07) is 0. The number of rotatable bonds is 4. The SMILES string of the molecule is CC(C)(C)NCC1(CN2CCS(=O)CC2)CCOC1. The fraction of sp³-hybridized carbons (Fsp3) is 1.00. The number of nitrogens with zero attached hydrogens (tertiary/aromatic N) is 1. The van der Waals surface area contributed by atoms with E-state index in [-0.39, 0.29) is 11.0 Å². The molecule has 2 saturated heterocycles. The second-order valence-corrected chi connectivity index (χ2v) is 8.73. The highest BCUT2D eigenvalue weighted by Gasteiger charge is 2.37. The van der Waals surface area contributed by atoms with Crippen LogP contribution in [0.3, 0.4) is 0 Å². The van der Waals surface area contributed by atoms with Crippen LogP contribution in [0.15, 0.2) is 0 Å². The average Bonchev–Trinajstić information content (AvgIpc) is 2.78. The molecule has 19 heavy (non-hydrogen) atoms. The Balaban J connectivity index is 1.90. The highest BCUT2D eigenvalue weighted by molar-refractivity contribution is 7.85. The van der Waals surface area contributed by atoms with Gasteiger partial charge < -0.3 is 15.0 Å². The molecular formula is C14H28N2O2S. The molecule has 5 heteroatoms. The molecule has 0 amide bonds. The molecule has 2 aliphatic rings. The van der Waals surface area contributed by atoms with Crippen molar-refractivity contribution >= 4 is 10.8 Å². The topological polar surface area (TPSA) is 41.6 Å². The van der Waals surface area contributed by atoms with Crippen LogP contribution in [0.5, 0.6) is 0 Å². The maximum absolute atomic E-state index is 11.4. The Morgan fingerprint density at radius 3 is 2.53 bits per heavy atom. The van der Waals surface area contributed by atoms with E-state index in [2.05, 4.69) is 31.0 Å². The van der Waals surface area contributed by atoms with E-state index in [9.17, 15) is 4.21 Å². The third-order valence-corrected chi connectivity index (χ3v) is 5.28. The molecule has 4 nitrogen and oxygen atoms in total. The molecule has 0 aromatic carbocycles. The van der Waals surface area contributed by atoms with E-state index in [4.69, 9.17) is 4.74 Å². The van der Waals surface area contributed by atoms with Gasteiger partial charge in [-0.15, -0.1) is 0 Å². The molecule has 0 bridgehead atoms. The van der Waals surface area contributed by atoms with Crippen molar-refractivity contribution in [2.75, 3.05) is 50.9 Å². The van der Waals surface area contributed by atoms with Crippen molar-refractivity contribution in [3.8, 4) is 0 Å². The van der Waals surface area contributed by atoms with Crippen LogP contribution in [0.4, 0.5) is 0 Å². The Kier molecular flexibility index (Phi) is 5.04. The normalized spacial score (nSPS) is 30.9. The Labute approximate surface area is 119 Å². The minimum Gasteiger partial charge on any atom is -0.381 e. The van der Waals surface area contributed by atoms with E-state index in [1.54, 1.807) is 0 Å². The van der Waals surface area contributed by atoms with Gasteiger partial charge in [0.15, 0.2) is 0 Å². The zero-order valence-electron chi connectivity index (χ0n) is 12.5. The highest BCUT2D eigenvalue weighted by atomic mass is 32.2. The Morgan fingerprint density at radius 2 is 2.00 bits per heavy atom. The van der Waals surface area contributed by atoms with Gasteiger partial charge in [-0.1, -0.05) is 0 Å². The third kappa shape index (κ3) is 4.81. The van der Waals surface area contributed by atoms with Crippen LogP contribution in [0.25, 0.3) is 0 Å². The first kappa shape index (κ1) is 15.4. The maximum atomic E-state index is 11.4. The van der Waals surface area contributed by atoms with Crippen LogP contribution in [0.2, 0.25) is 0 Å². The predicted molar refractivity (Wildman–Crippen MR) is 79.9 cm³/mol. The average molecular weight is 288 g/mol. The first-order chi connectivity index (χ1) is 8.89. The van der Waals surface area contributed by atoms with Gasteiger partial charge in [0.05, 0.1) is 6.61 Å².